The SMILES string of the molecule is Cc1ccc2[nH]c(=O)c(CNC(=O)C(C)C3CCCC3)cc2c1. The van der Waals surface area contributed by atoms with Crippen molar-refractivity contribution in [3.05, 3.63) is 45.7 Å². The molecular weight excluding hydrogens is 288 g/mol. The highest BCUT2D eigenvalue weighted by molar-refractivity contribution is 5.80. The predicted octanol–water partition coefficient (Wildman–Crippen LogP) is 3.28. The zero-order chi connectivity index (χ0) is 16.4. The summed E-state index contributed by atoms with van der Waals surface area (Å²) in [5, 5.41) is 3.93. The molecule has 1 unspecified atom stereocenters. The number of rotatable bonds is 4. The summed E-state index contributed by atoms with van der Waals surface area (Å²) in [6, 6.07) is 7.80. The van der Waals surface area contributed by atoms with Crippen molar-refractivity contribution in [3.8, 4) is 0 Å². The van der Waals surface area contributed by atoms with Crippen LogP contribution in [0.4, 0.5) is 0 Å². The minimum Gasteiger partial charge on any atom is -0.352 e. The molecule has 2 aromatic rings. The molecule has 4 heteroatoms. The molecule has 122 valence electrons. The number of H-pyrrole nitrogens is 1. The molecule has 1 saturated carbocycles. The summed E-state index contributed by atoms with van der Waals surface area (Å²) in [5.41, 5.74) is 2.45. The molecule has 0 bridgehead atoms. The highest BCUT2D eigenvalue weighted by atomic mass is 16.2. The van der Waals surface area contributed by atoms with Crippen LogP contribution in [-0.2, 0) is 11.3 Å². The van der Waals surface area contributed by atoms with Crippen LogP contribution in [0.25, 0.3) is 10.9 Å². The molecule has 0 saturated heterocycles. The fourth-order valence-corrected chi connectivity index (χ4v) is 3.52. The number of aromatic nitrogens is 1. The van der Waals surface area contributed by atoms with Gasteiger partial charge in [0.2, 0.25) is 5.91 Å². The Hall–Kier alpha value is -2.10. The molecule has 2 N–H and O–H groups in total. The highest BCUT2D eigenvalue weighted by Crippen LogP contribution is 2.31. The molecule has 1 fully saturated rings. The van der Waals surface area contributed by atoms with Gasteiger partial charge in [-0.1, -0.05) is 31.4 Å². The van der Waals surface area contributed by atoms with E-state index in [1.54, 1.807) is 0 Å². The first-order valence-electron chi connectivity index (χ1n) is 8.45. The predicted molar refractivity (Wildman–Crippen MR) is 92.3 cm³/mol. The maximum absolute atomic E-state index is 12.3. The molecule has 1 aromatic heterocycles. The Balaban J connectivity index is 1.72. The number of nitrogens with one attached hydrogen (secondary N) is 2. The molecule has 23 heavy (non-hydrogen) atoms. The van der Waals surface area contributed by atoms with Gasteiger partial charge >= 0.3 is 0 Å². The van der Waals surface area contributed by atoms with Gasteiger partial charge in [0.05, 0.1) is 0 Å². The summed E-state index contributed by atoms with van der Waals surface area (Å²) in [5.74, 6) is 0.576. The molecule has 0 aliphatic heterocycles. The Labute approximate surface area is 136 Å². The fraction of sp³-hybridized carbons (Fsp3) is 0.474. The van der Waals surface area contributed by atoms with Gasteiger partial charge in [0.15, 0.2) is 0 Å². The van der Waals surface area contributed by atoms with E-state index in [1.807, 2.05) is 38.1 Å². The van der Waals surface area contributed by atoms with Crippen LogP contribution in [0.15, 0.2) is 29.1 Å². The Kier molecular flexibility index (Phi) is 4.51. The topological polar surface area (TPSA) is 62.0 Å². The quantitative estimate of drug-likeness (QED) is 0.910. The molecule has 1 aliphatic rings. The number of hydrogen-bond donors (Lipinski definition) is 2. The van der Waals surface area contributed by atoms with Gasteiger partial charge in [0.25, 0.3) is 5.56 Å². The highest BCUT2D eigenvalue weighted by Gasteiger charge is 2.26. The van der Waals surface area contributed by atoms with Crippen molar-refractivity contribution in [2.75, 3.05) is 0 Å². The Morgan fingerprint density at radius 1 is 1.30 bits per heavy atom. The van der Waals surface area contributed by atoms with E-state index in [4.69, 9.17) is 0 Å². The van der Waals surface area contributed by atoms with Crippen molar-refractivity contribution in [2.45, 2.75) is 46.1 Å². The van der Waals surface area contributed by atoms with Crippen LogP contribution in [0.5, 0.6) is 0 Å². The third kappa shape index (κ3) is 3.46. The maximum Gasteiger partial charge on any atom is 0.253 e. The number of carbonyl (C=O) groups is 1. The zero-order valence-electron chi connectivity index (χ0n) is 13.8. The second-order valence-electron chi connectivity index (χ2n) is 6.77. The lowest BCUT2D eigenvalue weighted by atomic mass is 9.92. The average molecular weight is 312 g/mol. The zero-order valence-corrected chi connectivity index (χ0v) is 13.8. The van der Waals surface area contributed by atoms with E-state index in [-0.39, 0.29) is 23.9 Å². The van der Waals surface area contributed by atoms with Crippen LogP contribution < -0.4 is 10.9 Å². The molecule has 1 heterocycles. The van der Waals surface area contributed by atoms with E-state index in [0.717, 1.165) is 29.3 Å². The van der Waals surface area contributed by atoms with Crippen LogP contribution in [0, 0.1) is 18.8 Å². The lowest BCUT2D eigenvalue weighted by Gasteiger charge is -2.18. The van der Waals surface area contributed by atoms with Crippen molar-refractivity contribution in [1.29, 1.82) is 0 Å². The van der Waals surface area contributed by atoms with Crippen molar-refractivity contribution in [1.82, 2.24) is 10.3 Å². The number of amides is 1. The summed E-state index contributed by atoms with van der Waals surface area (Å²) >= 11 is 0. The summed E-state index contributed by atoms with van der Waals surface area (Å²) in [4.78, 5) is 27.3. The molecule has 3 rings (SSSR count). The van der Waals surface area contributed by atoms with E-state index >= 15 is 0 Å². The molecule has 1 atom stereocenters. The molecule has 0 spiro atoms. The smallest absolute Gasteiger partial charge is 0.253 e. The number of pyridine rings is 1. The molecule has 1 amide bonds. The Bertz CT molecular complexity index is 773. The second-order valence-corrected chi connectivity index (χ2v) is 6.77. The van der Waals surface area contributed by atoms with Gasteiger partial charge in [-0.25, -0.2) is 0 Å². The number of hydrogen-bond acceptors (Lipinski definition) is 2. The van der Waals surface area contributed by atoms with Crippen molar-refractivity contribution in [3.63, 3.8) is 0 Å². The number of aryl methyl sites for hydroxylation is 1. The third-order valence-electron chi connectivity index (χ3n) is 5.05. The third-order valence-corrected chi connectivity index (χ3v) is 5.05. The summed E-state index contributed by atoms with van der Waals surface area (Å²) in [6.07, 6.45) is 4.74. The van der Waals surface area contributed by atoms with Gasteiger partial charge in [-0.15, -0.1) is 0 Å². The first-order valence-corrected chi connectivity index (χ1v) is 8.45. The molecule has 1 aromatic carbocycles. The maximum atomic E-state index is 12.3. The van der Waals surface area contributed by atoms with E-state index in [2.05, 4.69) is 10.3 Å². The van der Waals surface area contributed by atoms with Crippen molar-refractivity contribution in [2.24, 2.45) is 11.8 Å². The molecule has 4 nitrogen and oxygen atoms in total. The Morgan fingerprint density at radius 2 is 2.04 bits per heavy atom. The summed E-state index contributed by atoms with van der Waals surface area (Å²) in [6.45, 7) is 4.31. The van der Waals surface area contributed by atoms with Gasteiger partial charge in [0.1, 0.15) is 0 Å². The van der Waals surface area contributed by atoms with Crippen LogP contribution in [0.3, 0.4) is 0 Å². The molecular formula is C19H24N2O2. The average Bonchev–Trinajstić information content (AvgIpc) is 3.06. The summed E-state index contributed by atoms with van der Waals surface area (Å²) in [7, 11) is 0. The van der Waals surface area contributed by atoms with Crippen molar-refractivity contribution < 1.29 is 4.79 Å². The number of benzene rings is 1. The van der Waals surface area contributed by atoms with Gasteiger partial charge in [-0.2, -0.15) is 0 Å². The van der Waals surface area contributed by atoms with E-state index < -0.39 is 0 Å². The number of carbonyl (C=O) groups excluding carboxylic acids is 1. The van der Waals surface area contributed by atoms with Gasteiger partial charge in [-0.05, 0) is 49.3 Å². The standard InChI is InChI=1S/C19H24N2O2/c1-12-7-8-17-15(9-12)10-16(19(23)21-17)11-20-18(22)13(2)14-5-3-4-6-14/h7-10,13-14H,3-6,11H2,1-2H3,(H,20,22)(H,21,23). The first kappa shape index (κ1) is 15.8. The lowest BCUT2D eigenvalue weighted by molar-refractivity contribution is -0.126. The second kappa shape index (κ2) is 6.57. The van der Waals surface area contributed by atoms with E-state index in [0.29, 0.717) is 11.5 Å². The molecule has 1 aliphatic carbocycles. The lowest BCUT2D eigenvalue weighted by Crippen LogP contribution is -2.33. The van der Waals surface area contributed by atoms with Crippen LogP contribution in [0.1, 0.15) is 43.7 Å². The number of fused-ring (bicyclic) bond motifs is 1. The van der Waals surface area contributed by atoms with Gasteiger partial charge in [0, 0.05) is 23.5 Å². The van der Waals surface area contributed by atoms with Crippen molar-refractivity contribution >= 4 is 16.8 Å². The minimum atomic E-state index is -0.129. The van der Waals surface area contributed by atoms with Crippen LogP contribution in [-0.4, -0.2) is 10.9 Å². The van der Waals surface area contributed by atoms with Crippen LogP contribution in [0.2, 0.25) is 0 Å². The Morgan fingerprint density at radius 3 is 2.78 bits per heavy atom. The normalized spacial score (nSPS) is 16.6. The first-order chi connectivity index (χ1) is 11.0. The van der Waals surface area contributed by atoms with Gasteiger partial charge in [-0.3, -0.25) is 9.59 Å². The fourth-order valence-electron chi connectivity index (χ4n) is 3.52. The van der Waals surface area contributed by atoms with E-state index in [9.17, 15) is 9.59 Å². The van der Waals surface area contributed by atoms with E-state index in [1.165, 1.54) is 12.8 Å². The minimum absolute atomic E-state index is 0.0271. The van der Waals surface area contributed by atoms with Gasteiger partial charge < -0.3 is 10.3 Å². The number of aromatic amines is 1. The largest absolute Gasteiger partial charge is 0.352 e. The molecule has 0 radical (unpaired) electrons. The summed E-state index contributed by atoms with van der Waals surface area (Å²) < 4.78 is 0. The van der Waals surface area contributed by atoms with Crippen LogP contribution >= 0.6 is 0 Å². The monoisotopic (exact) mass is 312 g/mol.